The number of nitrogens with zero attached hydrogens (tertiary/aromatic N) is 4. The highest BCUT2D eigenvalue weighted by atomic mass is 16.6. The molecule has 3 aromatic rings. The first kappa shape index (κ1) is 15.7. The summed E-state index contributed by atoms with van der Waals surface area (Å²) in [6, 6.07) is 12.3. The molecule has 0 aliphatic rings. The van der Waals surface area contributed by atoms with Crippen LogP contribution in [0.25, 0.3) is 11.3 Å². The Bertz CT molecular complexity index is 845. The van der Waals surface area contributed by atoms with Gasteiger partial charge in [0.25, 0.3) is 5.69 Å². The molecule has 2 heterocycles. The lowest BCUT2D eigenvalue weighted by Gasteiger charge is -2.08. The Balaban J connectivity index is 1.80. The lowest BCUT2D eigenvalue weighted by molar-refractivity contribution is -0.384. The van der Waals surface area contributed by atoms with E-state index in [-0.39, 0.29) is 5.69 Å². The number of hydrogen-bond acceptors (Lipinski definition) is 5. The number of aromatic nitrogens is 3. The lowest BCUT2D eigenvalue weighted by Crippen LogP contribution is -2.09. The summed E-state index contributed by atoms with van der Waals surface area (Å²) in [4.78, 5) is 19.3. The molecule has 0 aliphatic heterocycles. The van der Waals surface area contributed by atoms with Crippen LogP contribution in [-0.2, 0) is 13.5 Å². The SMILES string of the molecule is Cn1cncc1CCNc1ccc([N+](=O)[O-])c(-c2ccccc2)n1. The van der Waals surface area contributed by atoms with Crippen molar-refractivity contribution in [2.45, 2.75) is 6.42 Å². The van der Waals surface area contributed by atoms with Crippen LogP contribution in [-0.4, -0.2) is 26.0 Å². The van der Waals surface area contributed by atoms with Crippen LogP contribution in [0.5, 0.6) is 0 Å². The van der Waals surface area contributed by atoms with Gasteiger partial charge < -0.3 is 9.88 Å². The second-order valence-electron chi connectivity index (χ2n) is 5.36. The van der Waals surface area contributed by atoms with E-state index in [0.717, 1.165) is 17.7 Å². The third-order valence-corrected chi connectivity index (χ3v) is 3.72. The number of imidazole rings is 1. The Morgan fingerprint density at radius 2 is 2.00 bits per heavy atom. The molecule has 0 fully saturated rings. The van der Waals surface area contributed by atoms with Gasteiger partial charge in [0.1, 0.15) is 5.82 Å². The van der Waals surface area contributed by atoms with Crippen molar-refractivity contribution < 1.29 is 4.92 Å². The fourth-order valence-electron chi connectivity index (χ4n) is 2.45. The van der Waals surface area contributed by atoms with Gasteiger partial charge in [-0.1, -0.05) is 30.3 Å². The molecule has 3 rings (SSSR count). The highest BCUT2D eigenvalue weighted by Crippen LogP contribution is 2.29. The van der Waals surface area contributed by atoms with E-state index in [4.69, 9.17) is 0 Å². The summed E-state index contributed by atoms with van der Waals surface area (Å²) in [6.45, 7) is 0.665. The lowest BCUT2D eigenvalue weighted by atomic mass is 10.1. The Morgan fingerprint density at radius 3 is 2.67 bits per heavy atom. The zero-order valence-corrected chi connectivity index (χ0v) is 13.2. The Labute approximate surface area is 139 Å². The van der Waals surface area contributed by atoms with E-state index < -0.39 is 4.92 Å². The predicted molar refractivity (Wildman–Crippen MR) is 91.7 cm³/mol. The summed E-state index contributed by atoms with van der Waals surface area (Å²) in [6.07, 6.45) is 4.36. The molecule has 0 amide bonds. The number of anilines is 1. The smallest absolute Gasteiger partial charge is 0.295 e. The monoisotopic (exact) mass is 323 g/mol. The summed E-state index contributed by atoms with van der Waals surface area (Å²) in [5.41, 5.74) is 2.19. The number of rotatable bonds is 6. The van der Waals surface area contributed by atoms with Crippen LogP contribution in [0, 0.1) is 10.1 Å². The number of benzene rings is 1. The number of aryl methyl sites for hydroxylation is 1. The van der Waals surface area contributed by atoms with Crippen molar-refractivity contribution in [3.05, 3.63) is 70.8 Å². The van der Waals surface area contributed by atoms with E-state index in [0.29, 0.717) is 18.1 Å². The number of nitrogens with one attached hydrogen (secondary N) is 1. The summed E-state index contributed by atoms with van der Waals surface area (Å²) in [7, 11) is 1.94. The highest BCUT2D eigenvalue weighted by molar-refractivity contribution is 5.71. The molecule has 0 aliphatic carbocycles. The molecular weight excluding hydrogens is 306 g/mol. The van der Waals surface area contributed by atoms with E-state index in [1.54, 1.807) is 12.4 Å². The summed E-state index contributed by atoms with van der Waals surface area (Å²) >= 11 is 0. The number of pyridine rings is 1. The molecule has 0 bridgehead atoms. The summed E-state index contributed by atoms with van der Waals surface area (Å²) in [5.74, 6) is 0.613. The third kappa shape index (κ3) is 3.40. The maximum absolute atomic E-state index is 11.2. The van der Waals surface area contributed by atoms with Crippen LogP contribution in [0.1, 0.15) is 5.69 Å². The summed E-state index contributed by atoms with van der Waals surface area (Å²) < 4.78 is 1.96. The Kier molecular flexibility index (Phi) is 4.51. The Hall–Kier alpha value is -3.22. The second-order valence-corrected chi connectivity index (χ2v) is 5.36. The molecule has 7 heteroatoms. The highest BCUT2D eigenvalue weighted by Gasteiger charge is 2.17. The van der Waals surface area contributed by atoms with Gasteiger partial charge in [0, 0.05) is 43.5 Å². The largest absolute Gasteiger partial charge is 0.370 e. The molecule has 0 spiro atoms. The van der Waals surface area contributed by atoms with Crippen LogP contribution in [0.15, 0.2) is 55.0 Å². The van der Waals surface area contributed by atoms with Gasteiger partial charge >= 0.3 is 0 Å². The van der Waals surface area contributed by atoms with Gasteiger partial charge in [0.05, 0.1) is 11.3 Å². The van der Waals surface area contributed by atoms with E-state index in [1.807, 2.05) is 48.1 Å². The van der Waals surface area contributed by atoms with Gasteiger partial charge in [-0.3, -0.25) is 10.1 Å². The zero-order chi connectivity index (χ0) is 16.9. The van der Waals surface area contributed by atoms with Crippen molar-refractivity contribution in [1.82, 2.24) is 14.5 Å². The predicted octanol–water partition coefficient (Wildman–Crippen LogP) is 3.04. The van der Waals surface area contributed by atoms with Crippen LogP contribution in [0.3, 0.4) is 0 Å². The molecule has 24 heavy (non-hydrogen) atoms. The maximum Gasteiger partial charge on any atom is 0.295 e. The van der Waals surface area contributed by atoms with Crippen LogP contribution in [0.2, 0.25) is 0 Å². The normalized spacial score (nSPS) is 10.5. The van der Waals surface area contributed by atoms with Crippen LogP contribution >= 0.6 is 0 Å². The molecule has 1 aromatic carbocycles. The van der Waals surface area contributed by atoms with E-state index in [9.17, 15) is 10.1 Å². The minimum Gasteiger partial charge on any atom is -0.370 e. The second kappa shape index (κ2) is 6.91. The molecule has 122 valence electrons. The van der Waals surface area contributed by atoms with E-state index in [1.165, 1.54) is 6.07 Å². The zero-order valence-electron chi connectivity index (χ0n) is 13.2. The quantitative estimate of drug-likeness (QED) is 0.556. The van der Waals surface area contributed by atoms with Gasteiger partial charge in [-0.2, -0.15) is 0 Å². The third-order valence-electron chi connectivity index (χ3n) is 3.72. The number of nitro groups is 1. The van der Waals surface area contributed by atoms with Crippen molar-refractivity contribution in [2.24, 2.45) is 7.05 Å². The minimum atomic E-state index is -0.408. The van der Waals surface area contributed by atoms with Crippen molar-refractivity contribution in [2.75, 3.05) is 11.9 Å². The first-order valence-corrected chi connectivity index (χ1v) is 7.55. The van der Waals surface area contributed by atoms with E-state index >= 15 is 0 Å². The molecule has 1 N–H and O–H groups in total. The first-order chi connectivity index (χ1) is 11.6. The molecular formula is C17H17N5O2. The van der Waals surface area contributed by atoms with Crippen LogP contribution in [0.4, 0.5) is 11.5 Å². The van der Waals surface area contributed by atoms with E-state index in [2.05, 4.69) is 15.3 Å². The molecule has 0 unspecified atom stereocenters. The molecule has 0 saturated heterocycles. The van der Waals surface area contributed by atoms with Gasteiger partial charge in [-0.05, 0) is 6.07 Å². The van der Waals surface area contributed by atoms with Gasteiger partial charge in [-0.25, -0.2) is 9.97 Å². The molecule has 0 atom stereocenters. The minimum absolute atomic E-state index is 0.00150. The van der Waals surface area contributed by atoms with Gasteiger partial charge in [0.15, 0.2) is 5.69 Å². The average Bonchev–Trinajstić information content (AvgIpc) is 3.00. The fourth-order valence-corrected chi connectivity index (χ4v) is 2.45. The molecule has 0 radical (unpaired) electrons. The standard InChI is InChI=1S/C17H17N5O2/c1-21-12-18-11-14(21)9-10-19-16-8-7-15(22(23)24)17(20-16)13-5-3-2-4-6-13/h2-8,11-12H,9-10H2,1H3,(H,19,20). The number of hydrogen-bond donors (Lipinski definition) is 1. The van der Waals surface area contributed by atoms with Gasteiger partial charge in [-0.15, -0.1) is 0 Å². The topological polar surface area (TPSA) is 85.9 Å². The van der Waals surface area contributed by atoms with Gasteiger partial charge in [0.2, 0.25) is 0 Å². The fraction of sp³-hybridized carbons (Fsp3) is 0.176. The van der Waals surface area contributed by atoms with Crippen molar-refractivity contribution >= 4 is 11.5 Å². The van der Waals surface area contributed by atoms with Crippen molar-refractivity contribution in [3.8, 4) is 11.3 Å². The Morgan fingerprint density at radius 1 is 1.21 bits per heavy atom. The first-order valence-electron chi connectivity index (χ1n) is 7.55. The molecule has 2 aromatic heterocycles. The van der Waals surface area contributed by atoms with Crippen molar-refractivity contribution in [3.63, 3.8) is 0 Å². The summed E-state index contributed by atoms with van der Waals surface area (Å²) in [5, 5.41) is 14.5. The average molecular weight is 323 g/mol. The molecule has 0 saturated carbocycles. The van der Waals surface area contributed by atoms with Crippen LogP contribution < -0.4 is 5.32 Å². The van der Waals surface area contributed by atoms with Crippen molar-refractivity contribution in [1.29, 1.82) is 0 Å². The maximum atomic E-state index is 11.2. The molecule has 7 nitrogen and oxygen atoms in total.